The first kappa shape index (κ1) is 13.9. The molecule has 0 N–H and O–H groups in total. The van der Waals surface area contributed by atoms with Crippen LogP contribution < -0.4 is 9.64 Å². The maximum absolute atomic E-state index is 5.20. The second-order valence-electron chi connectivity index (χ2n) is 5.39. The van der Waals surface area contributed by atoms with Crippen LogP contribution in [0.5, 0.6) is 5.75 Å². The summed E-state index contributed by atoms with van der Waals surface area (Å²) in [5, 5.41) is 4.06. The number of benzene rings is 1. The number of ether oxygens (including phenoxy) is 1. The molecular weight excluding hydrogens is 266 g/mol. The van der Waals surface area contributed by atoms with Gasteiger partial charge in [-0.3, -0.25) is 4.90 Å². The zero-order valence-corrected chi connectivity index (χ0v) is 12.6. The van der Waals surface area contributed by atoms with Gasteiger partial charge in [-0.05, 0) is 31.2 Å². The molecule has 1 aromatic carbocycles. The van der Waals surface area contributed by atoms with Crippen molar-refractivity contribution in [1.82, 2.24) is 10.1 Å². The largest absolute Gasteiger partial charge is 0.497 e. The molecule has 3 rings (SSSR count). The molecule has 0 bridgehead atoms. The fourth-order valence-electron chi connectivity index (χ4n) is 2.68. The van der Waals surface area contributed by atoms with Crippen molar-refractivity contribution in [3.63, 3.8) is 0 Å². The van der Waals surface area contributed by atoms with Crippen molar-refractivity contribution in [3.8, 4) is 5.75 Å². The van der Waals surface area contributed by atoms with Gasteiger partial charge in [-0.2, -0.15) is 0 Å². The molecule has 2 aromatic rings. The molecule has 5 nitrogen and oxygen atoms in total. The van der Waals surface area contributed by atoms with Crippen LogP contribution in [0.4, 0.5) is 5.69 Å². The maximum atomic E-state index is 5.20. The standard InChI is InChI=1S/C16H21N3O2/c1-13-11-14(17-21-13)12-18-7-9-19(10-8-18)15-3-5-16(20-2)6-4-15/h3-6,11H,7-10,12H2,1-2H3. The van der Waals surface area contributed by atoms with Crippen LogP contribution in [0.25, 0.3) is 0 Å². The van der Waals surface area contributed by atoms with Crippen LogP contribution in [0, 0.1) is 6.92 Å². The van der Waals surface area contributed by atoms with Crippen LogP contribution in [0.2, 0.25) is 0 Å². The molecule has 21 heavy (non-hydrogen) atoms. The van der Waals surface area contributed by atoms with Crippen LogP contribution in [0.3, 0.4) is 0 Å². The van der Waals surface area contributed by atoms with Crippen LogP contribution in [0.1, 0.15) is 11.5 Å². The Morgan fingerprint density at radius 2 is 1.86 bits per heavy atom. The monoisotopic (exact) mass is 287 g/mol. The van der Waals surface area contributed by atoms with E-state index < -0.39 is 0 Å². The van der Waals surface area contributed by atoms with E-state index in [1.807, 2.05) is 25.1 Å². The molecule has 0 aliphatic carbocycles. The Hall–Kier alpha value is -2.01. The van der Waals surface area contributed by atoms with E-state index in [9.17, 15) is 0 Å². The smallest absolute Gasteiger partial charge is 0.133 e. The molecule has 0 unspecified atom stereocenters. The number of anilines is 1. The quantitative estimate of drug-likeness (QED) is 0.863. The summed E-state index contributed by atoms with van der Waals surface area (Å²) >= 11 is 0. The summed E-state index contributed by atoms with van der Waals surface area (Å²) < 4.78 is 10.3. The number of piperazine rings is 1. The molecule has 2 heterocycles. The van der Waals surface area contributed by atoms with Gasteiger partial charge in [0, 0.05) is 44.5 Å². The van der Waals surface area contributed by atoms with Crippen molar-refractivity contribution in [2.45, 2.75) is 13.5 Å². The Labute approximate surface area is 125 Å². The van der Waals surface area contributed by atoms with Gasteiger partial charge in [-0.1, -0.05) is 5.16 Å². The maximum Gasteiger partial charge on any atom is 0.133 e. The van der Waals surface area contributed by atoms with Crippen molar-refractivity contribution >= 4 is 5.69 Å². The molecule has 5 heteroatoms. The summed E-state index contributed by atoms with van der Waals surface area (Å²) in [5.74, 6) is 1.78. The third-order valence-corrected chi connectivity index (χ3v) is 3.87. The summed E-state index contributed by atoms with van der Waals surface area (Å²) in [7, 11) is 1.69. The van der Waals surface area contributed by atoms with Gasteiger partial charge in [-0.15, -0.1) is 0 Å². The number of rotatable bonds is 4. The minimum Gasteiger partial charge on any atom is -0.497 e. The summed E-state index contributed by atoms with van der Waals surface area (Å²) in [4.78, 5) is 4.82. The van der Waals surface area contributed by atoms with Crippen molar-refractivity contribution in [2.24, 2.45) is 0 Å². The van der Waals surface area contributed by atoms with Crippen LogP contribution in [-0.2, 0) is 6.54 Å². The highest BCUT2D eigenvalue weighted by Gasteiger charge is 2.18. The highest BCUT2D eigenvalue weighted by Crippen LogP contribution is 2.21. The number of methoxy groups -OCH3 is 1. The minimum atomic E-state index is 0.869. The third kappa shape index (κ3) is 3.36. The Bertz CT molecular complexity index is 571. The number of nitrogens with zero attached hydrogens (tertiary/aromatic N) is 3. The van der Waals surface area contributed by atoms with Crippen LogP contribution in [0.15, 0.2) is 34.9 Å². The van der Waals surface area contributed by atoms with E-state index in [4.69, 9.17) is 9.26 Å². The van der Waals surface area contributed by atoms with Gasteiger partial charge in [0.25, 0.3) is 0 Å². The molecular formula is C16H21N3O2. The van der Waals surface area contributed by atoms with E-state index in [0.29, 0.717) is 0 Å². The first-order chi connectivity index (χ1) is 10.2. The summed E-state index contributed by atoms with van der Waals surface area (Å²) in [5.41, 5.74) is 2.28. The predicted molar refractivity (Wildman–Crippen MR) is 81.7 cm³/mol. The molecule has 112 valence electrons. The SMILES string of the molecule is COc1ccc(N2CCN(Cc3cc(C)on3)CC2)cc1. The van der Waals surface area contributed by atoms with Gasteiger partial charge in [0.15, 0.2) is 0 Å². The van der Waals surface area contributed by atoms with Crippen molar-refractivity contribution in [1.29, 1.82) is 0 Å². The van der Waals surface area contributed by atoms with Gasteiger partial charge >= 0.3 is 0 Å². The molecule has 1 saturated heterocycles. The second-order valence-corrected chi connectivity index (χ2v) is 5.39. The van der Waals surface area contributed by atoms with Crippen molar-refractivity contribution in [2.75, 3.05) is 38.2 Å². The van der Waals surface area contributed by atoms with E-state index in [1.54, 1.807) is 7.11 Å². The van der Waals surface area contributed by atoms with E-state index in [-0.39, 0.29) is 0 Å². The van der Waals surface area contributed by atoms with E-state index >= 15 is 0 Å². The van der Waals surface area contributed by atoms with Gasteiger partial charge in [0.1, 0.15) is 11.5 Å². The van der Waals surface area contributed by atoms with E-state index in [2.05, 4.69) is 27.1 Å². The van der Waals surface area contributed by atoms with Gasteiger partial charge in [0.05, 0.1) is 12.8 Å². The molecule has 1 fully saturated rings. The molecule has 0 saturated carbocycles. The average Bonchev–Trinajstić information content (AvgIpc) is 2.93. The molecule has 0 radical (unpaired) electrons. The number of aryl methyl sites for hydroxylation is 1. The third-order valence-electron chi connectivity index (χ3n) is 3.87. The fourth-order valence-corrected chi connectivity index (χ4v) is 2.68. The predicted octanol–water partition coefficient (Wildman–Crippen LogP) is 2.31. The lowest BCUT2D eigenvalue weighted by Gasteiger charge is -2.35. The summed E-state index contributed by atoms with van der Waals surface area (Å²) in [6.45, 7) is 6.94. The van der Waals surface area contributed by atoms with Crippen molar-refractivity contribution in [3.05, 3.63) is 41.8 Å². The zero-order valence-electron chi connectivity index (χ0n) is 12.6. The highest BCUT2D eigenvalue weighted by atomic mass is 16.5. The molecule has 1 aliphatic rings. The normalized spacial score (nSPS) is 16.2. The Morgan fingerprint density at radius 3 is 2.43 bits per heavy atom. The molecule has 0 amide bonds. The van der Waals surface area contributed by atoms with E-state index in [1.165, 1.54) is 5.69 Å². The topological polar surface area (TPSA) is 41.7 Å². The number of hydrogen-bond acceptors (Lipinski definition) is 5. The Kier molecular flexibility index (Phi) is 4.10. The highest BCUT2D eigenvalue weighted by molar-refractivity contribution is 5.49. The molecule has 0 spiro atoms. The van der Waals surface area contributed by atoms with Gasteiger partial charge < -0.3 is 14.2 Å². The Balaban J connectivity index is 1.54. The average molecular weight is 287 g/mol. The number of hydrogen-bond donors (Lipinski definition) is 0. The van der Waals surface area contributed by atoms with Gasteiger partial charge in [0.2, 0.25) is 0 Å². The Morgan fingerprint density at radius 1 is 1.14 bits per heavy atom. The lowest BCUT2D eigenvalue weighted by atomic mass is 10.2. The second kappa shape index (κ2) is 6.18. The lowest BCUT2D eigenvalue weighted by Crippen LogP contribution is -2.46. The van der Waals surface area contributed by atoms with Crippen molar-refractivity contribution < 1.29 is 9.26 Å². The first-order valence-electron chi connectivity index (χ1n) is 7.28. The lowest BCUT2D eigenvalue weighted by molar-refractivity contribution is 0.241. The first-order valence-corrected chi connectivity index (χ1v) is 7.28. The molecule has 1 aliphatic heterocycles. The summed E-state index contributed by atoms with van der Waals surface area (Å²) in [6, 6.07) is 10.3. The molecule has 1 aromatic heterocycles. The minimum absolute atomic E-state index is 0.869. The molecule has 0 atom stereocenters. The number of aromatic nitrogens is 1. The van der Waals surface area contributed by atoms with Gasteiger partial charge in [-0.25, -0.2) is 0 Å². The zero-order chi connectivity index (χ0) is 14.7. The fraction of sp³-hybridized carbons (Fsp3) is 0.438. The van der Waals surface area contributed by atoms with E-state index in [0.717, 1.165) is 49.9 Å². The van der Waals surface area contributed by atoms with Crippen LogP contribution >= 0.6 is 0 Å². The van der Waals surface area contributed by atoms with Crippen LogP contribution in [-0.4, -0.2) is 43.3 Å². The summed E-state index contributed by atoms with van der Waals surface area (Å²) in [6.07, 6.45) is 0.